The Morgan fingerprint density at radius 3 is 2.48 bits per heavy atom. The zero-order valence-electron chi connectivity index (χ0n) is 17.1. The second-order valence-corrected chi connectivity index (χ2v) is 7.61. The molecule has 0 aliphatic carbocycles. The van der Waals surface area contributed by atoms with Crippen LogP contribution in [0.4, 0.5) is 15.8 Å². The first kappa shape index (κ1) is 22.4. The molecule has 1 saturated heterocycles. The van der Waals surface area contributed by atoms with Gasteiger partial charge in [0.15, 0.2) is 0 Å². The van der Waals surface area contributed by atoms with Gasteiger partial charge in [0.25, 0.3) is 0 Å². The molecule has 1 fully saturated rings. The Hall–Kier alpha value is -3.33. The van der Waals surface area contributed by atoms with Gasteiger partial charge < -0.3 is 15.5 Å². The van der Waals surface area contributed by atoms with Crippen molar-refractivity contribution in [3.8, 4) is 0 Å². The highest BCUT2D eigenvalue weighted by Gasteiger charge is 2.22. The van der Waals surface area contributed by atoms with Crippen LogP contribution in [-0.4, -0.2) is 47.8 Å². The van der Waals surface area contributed by atoms with E-state index in [2.05, 4.69) is 27.7 Å². The maximum Gasteiger partial charge on any atom is 0.313 e. The van der Waals surface area contributed by atoms with Gasteiger partial charge >= 0.3 is 17.5 Å². The number of nitrogens with one attached hydrogen (secondary N) is 2. The Morgan fingerprint density at radius 1 is 1.10 bits per heavy atom. The Bertz CT molecular complexity index is 930. The van der Waals surface area contributed by atoms with E-state index in [9.17, 15) is 24.1 Å². The number of anilines is 1. The van der Waals surface area contributed by atoms with Gasteiger partial charge in [-0.1, -0.05) is 30.3 Å². The lowest BCUT2D eigenvalue weighted by atomic mass is 9.96. The summed E-state index contributed by atoms with van der Waals surface area (Å²) in [4.78, 5) is 36.4. The zero-order valence-corrected chi connectivity index (χ0v) is 17.1. The van der Waals surface area contributed by atoms with Crippen LogP contribution in [0.5, 0.6) is 0 Å². The van der Waals surface area contributed by atoms with Gasteiger partial charge in [0, 0.05) is 24.8 Å². The number of rotatable bonds is 7. The number of hydrogen-bond acceptors (Lipinski definition) is 5. The lowest BCUT2D eigenvalue weighted by Gasteiger charge is -2.32. The van der Waals surface area contributed by atoms with E-state index in [-0.39, 0.29) is 11.6 Å². The standard InChI is InChI=1S/C22H25FN4O4/c23-19-7-6-18(14-20(19)27(30)31)25-22(29)21(28)24-15-17-9-12-26(13-10-17)11-8-16-4-2-1-3-5-16/h1-7,14,17H,8-13,15H2,(H,24,28)(H,25,29). The fraction of sp³-hybridized carbons (Fsp3) is 0.364. The Morgan fingerprint density at radius 2 is 1.81 bits per heavy atom. The molecule has 0 bridgehead atoms. The number of nitrogens with zero attached hydrogens (tertiary/aromatic N) is 2. The Kier molecular flexibility index (Phi) is 7.66. The summed E-state index contributed by atoms with van der Waals surface area (Å²) in [5.74, 6) is -2.49. The quantitative estimate of drug-likeness (QED) is 0.401. The minimum Gasteiger partial charge on any atom is -0.348 e. The smallest absolute Gasteiger partial charge is 0.313 e. The van der Waals surface area contributed by atoms with E-state index < -0.39 is 28.2 Å². The third kappa shape index (κ3) is 6.58. The molecule has 1 heterocycles. The summed E-state index contributed by atoms with van der Waals surface area (Å²) in [6.45, 7) is 3.27. The molecule has 164 valence electrons. The van der Waals surface area contributed by atoms with Crippen molar-refractivity contribution in [2.24, 2.45) is 5.92 Å². The number of likely N-dealkylation sites (tertiary alicyclic amines) is 1. The predicted molar refractivity (Wildman–Crippen MR) is 114 cm³/mol. The average molecular weight is 428 g/mol. The van der Waals surface area contributed by atoms with Crippen LogP contribution < -0.4 is 10.6 Å². The number of nitro benzene ring substituents is 1. The Labute approximate surface area is 179 Å². The highest BCUT2D eigenvalue weighted by Crippen LogP contribution is 2.21. The maximum atomic E-state index is 13.4. The van der Waals surface area contributed by atoms with Crippen LogP contribution in [0.1, 0.15) is 18.4 Å². The van der Waals surface area contributed by atoms with Crippen molar-refractivity contribution in [3.05, 3.63) is 70.0 Å². The van der Waals surface area contributed by atoms with E-state index in [4.69, 9.17) is 0 Å². The fourth-order valence-corrected chi connectivity index (χ4v) is 3.58. The van der Waals surface area contributed by atoms with Crippen LogP contribution in [0.15, 0.2) is 48.5 Å². The molecule has 2 amide bonds. The topological polar surface area (TPSA) is 105 Å². The lowest BCUT2D eigenvalue weighted by molar-refractivity contribution is -0.387. The number of piperidine rings is 1. The number of hydrogen-bond donors (Lipinski definition) is 2. The molecule has 0 saturated carbocycles. The van der Waals surface area contributed by atoms with Crippen LogP contribution in [0.25, 0.3) is 0 Å². The number of carbonyl (C=O) groups excluding carboxylic acids is 2. The lowest BCUT2D eigenvalue weighted by Crippen LogP contribution is -2.42. The molecule has 0 unspecified atom stereocenters. The SMILES string of the molecule is O=C(NCC1CCN(CCc2ccccc2)CC1)C(=O)Nc1ccc(F)c([N+](=O)[O-])c1. The van der Waals surface area contributed by atoms with E-state index in [1.54, 1.807) is 0 Å². The van der Waals surface area contributed by atoms with Gasteiger partial charge in [-0.2, -0.15) is 4.39 Å². The van der Waals surface area contributed by atoms with Crippen molar-refractivity contribution in [1.29, 1.82) is 0 Å². The van der Waals surface area contributed by atoms with Crippen LogP contribution in [0.3, 0.4) is 0 Å². The fourth-order valence-electron chi connectivity index (χ4n) is 3.58. The average Bonchev–Trinajstić information content (AvgIpc) is 2.78. The van der Waals surface area contributed by atoms with Gasteiger partial charge in [0.2, 0.25) is 5.82 Å². The third-order valence-corrected chi connectivity index (χ3v) is 5.42. The zero-order chi connectivity index (χ0) is 22.2. The van der Waals surface area contributed by atoms with Crippen molar-refractivity contribution in [1.82, 2.24) is 10.2 Å². The van der Waals surface area contributed by atoms with Crippen molar-refractivity contribution in [2.75, 3.05) is 31.5 Å². The van der Waals surface area contributed by atoms with Gasteiger partial charge in [-0.3, -0.25) is 19.7 Å². The van der Waals surface area contributed by atoms with Gasteiger partial charge in [0.1, 0.15) is 0 Å². The minimum atomic E-state index is -1.01. The molecule has 2 aromatic rings. The number of benzene rings is 2. The normalized spacial score (nSPS) is 14.7. The summed E-state index contributed by atoms with van der Waals surface area (Å²) in [6.07, 6.45) is 2.87. The summed E-state index contributed by atoms with van der Waals surface area (Å²) < 4.78 is 13.4. The molecule has 1 aliphatic heterocycles. The molecule has 0 aromatic heterocycles. The molecule has 0 radical (unpaired) electrons. The molecular weight excluding hydrogens is 403 g/mol. The highest BCUT2D eigenvalue weighted by atomic mass is 19.1. The van der Waals surface area contributed by atoms with Gasteiger partial charge in [-0.05, 0) is 56.0 Å². The molecule has 1 aliphatic rings. The molecule has 2 aromatic carbocycles. The van der Waals surface area contributed by atoms with E-state index >= 15 is 0 Å². The van der Waals surface area contributed by atoms with E-state index in [1.807, 2.05) is 18.2 Å². The van der Waals surface area contributed by atoms with E-state index in [0.717, 1.165) is 51.0 Å². The summed E-state index contributed by atoms with van der Waals surface area (Å²) >= 11 is 0. The number of carbonyl (C=O) groups is 2. The van der Waals surface area contributed by atoms with Crippen LogP contribution >= 0.6 is 0 Å². The third-order valence-electron chi connectivity index (χ3n) is 5.42. The van der Waals surface area contributed by atoms with E-state index in [0.29, 0.717) is 6.54 Å². The first-order valence-corrected chi connectivity index (χ1v) is 10.2. The molecule has 0 spiro atoms. The van der Waals surface area contributed by atoms with Crippen LogP contribution in [0.2, 0.25) is 0 Å². The largest absolute Gasteiger partial charge is 0.348 e. The number of halogens is 1. The maximum absolute atomic E-state index is 13.4. The highest BCUT2D eigenvalue weighted by molar-refractivity contribution is 6.39. The Balaban J connectivity index is 1.38. The minimum absolute atomic E-state index is 0.0139. The number of amides is 2. The second-order valence-electron chi connectivity index (χ2n) is 7.61. The van der Waals surface area contributed by atoms with Crippen molar-refractivity contribution in [3.63, 3.8) is 0 Å². The van der Waals surface area contributed by atoms with Crippen LogP contribution in [0, 0.1) is 21.8 Å². The molecule has 2 N–H and O–H groups in total. The van der Waals surface area contributed by atoms with Crippen LogP contribution in [-0.2, 0) is 16.0 Å². The summed E-state index contributed by atoms with van der Waals surface area (Å²) in [5, 5.41) is 15.7. The van der Waals surface area contributed by atoms with E-state index in [1.165, 1.54) is 11.6 Å². The van der Waals surface area contributed by atoms with Crippen molar-refractivity contribution in [2.45, 2.75) is 19.3 Å². The molecule has 31 heavy (non-hydrogen) atoms. The second kappa shape index (κ2) is 10.6. The number of nitro groups is 1. The summed E-state index contributed by atoms with van der Waals surface area (Å²) in [7, 11) is 0. The molecule has 0 atom stereocenters. The van der Waals surface area contributed by atoms with Gasteiger partial charge in [0.05, 0.1) is 4.92 Å². The molecule has 9 heteroatoms. The summed E-state index contributed by atoms with van der Waals surface area (Å²) in [6, 6.07) is 13.2. The molecule has 8 nitrogen and oxygen atoms in total. The van der Waals surface area contributed by atoms with Crippen molar-refractivity contribution >= 4 is 23.2 Å². The van der Waals surface area contributed by atoms with Gasteiger partial charge in [-0.25, -0.2) is 0 Å². The molecular formula is C22H25FN4O4. The summed E-state index contributed by atoms with van der Waals surface area (Å²) in [5.41, 5.74) is 0.534. The predicted octanol–water partition coefficient (Wildman–Crippen LogP) is 2.74. The first-order valence-electron chi connectivity index (χ1n) is 10.2. The van der Waals surface area contributed by atoms with Gasteiger partial charge in [-0.15, -0.1) is 0 Å². The monoisotopic (exact) mass is 428 g/mol. The first-order chi connectivity index (χ1) is 14.9. The molecule has 3 rings (SSSR count). The van der Waals surface area contributed by atoms with Crippen molar-refractivity contribution < 1.29 is 18.9 Å².